The van der Waals surface area contributed by atoms with E-state index < -0.39 is 0 Å². The molecule has 2 aliphatic rings. The largest absolute Gasteiger partial charge is 0.508 e. The molecule has 1 saturated heterocycles. The van der Waals surface area contributed by atoms with Crippen molar-refractivity contribution in [3.63, 3.8) is 0 Å². The summed E-state index contributed by atoms with van der Waals surface area (Å²) in [6, 6.07) is 18.9. The second-order valence-electron chi connectivity index (χ2n) is 7.49. The van der Waals surface area contributed by atoms with Crippen LogP contribution >= 0.6 is 23.5 Å². The van der Waals surface area contributed by atoms with E-state index in [-0.39, 0.29) is 17.4 Å². The summed E-state index contributed by atoms with van der Waals surface area (Å²) in [6.45, 7) is 2.72. The van der Waals surface area contributed by atoms with Gasteiger partial charge in [-0.3, -0.25) is 9.69 Å². The molecule has 3 aromatic carbocycles. The lowest BCUT2D eigenvalue weighted by molar-refractivity contribution is -0.113. The summed E-state index contributed by atoms with van der Waals surface area (Å²) in [5.74, 6) is 0.765. The number of rotatable bonds is 4. The van der Waals surface area contributed by atoms with Crippen molar-refractivity contribution in [2.24, 2.45) is 4.99 Å². The van der Waals surface area contributed by atoms with Crippen LogP contribution in [0, 0.1) is 0 Å². The summed E-state index contributed by atoms with van der Waals surface area (Å²) < 4.78 is 5.40. The van der Waals surface area contributed by atoms with Crippen LogP contribution in [0.2, 0.25) is 0 Å². The number of thioether (sulfide) groups is 2. The molecule has 7 nitrogen and oxygen atoms in total. The van der Waals surface area contributed by atoms with Crippen molar-refractivity contribution in [2.45, 2.75) is 11.8 Å². The van der Waals surface area contributed by atoms with Gasteiger partial charge in [0.15, 0.2) is 5.17 Å². The third-order valence-electron chi connectivity index (χ3n) is 5.36. The van der Waals surface area contributed by atoms with Crippen molar-refractivity contribution in [3.05, 3.63) is 76.7 Å². The molecule has 0 atom stereocenters. The Balaban J connectivity index is 1.62. The summed E-state index contributed by atoms with van der Waals surface area (Å²) in [7, 11) is 1.63. The third kappa shape index (κ3) is 3.97. The van der Waals surface area contributed by atoms with Gasteiger partial charge in [0.25, 0.3) is 5.91 Å². The maximum Gasteiger partial charge on any atom is 0.274 e. The molecule has 0 spiro atoms. The lowest BCUT2D eigenvalue weighted by Crippen LogP contribution is -2.29. The van der Waals surface area contributed by atoms with Gasteiger partial charge >= 0.3 is 0 Å². The Morgan fingerprint density at radius 1 is 0.971 bits per heavy atom. The highest BCUT2D eigenvalue weighted by Crippen LogP contribution is 2.52. The number of hydrogen-bond donors (Lipinski definition) is 2. The normalized spacial score (nSPS) is 18.6. The van der Waals surface area contributed by atoms with Gasteiger partial charge in [0.1, 0.15) is 27.2 Å². The lowest BCUT2D eigenvalue weighted by Gasteiger charge is -2.19. The molecule has 2 aliphatic heterocycles. The number of phenolic OH excluding ortho intramolecular Hbond substituents is 2. The molecule has 0 bridgehead atoms. The molecule has 9 heteroatoms. The van der Waals surface area contributed by atoms with E-state index >= 15 is 0 Å². The fourth-order valence-electron chi connectivity index (χ4n) is 3.75. The van der Waals surface area contributed by atoms with Crippen molar-refractivity contribution in [1.82, 2.24) is 0 Å². The lowest BCUT2D eigenvalue weighted by atomic mass is 10.2. The van der Waals surface area contributed by atoms with Gasteiger partial charge in [-0.2, -0.15) is 0 Å². The first kappa shape index (κ1) is 22.2. The Kier molecular flexibility index (Phi) is 5.89. The van der Waals surface area contributed by atoms with Crippen LogP contribution in [0.25, 0.3) is 0 Å². The fourth-order valence-corrected chi connectivity index (χ4v) is 6.13. The molecule has 0 aromatic heterocycles. The van der Waals surface area contributed by atoms with Crippen LogP contribution in [-0.4, -0.2) is 34.9 Å². The van der Waals surface area contributed by atoms with Gasteiger partial charge in [-0.25, -0.2) is 4.99 Å². The maximum atomic E-state index is 13.8. The second-order valence-corrected chi connectivity index (χ2v) is 9.50. The number of aliphatic imine (C=N–C) groups is 1. The van der Waals surface area contributed by atoms with E-state index in [4.69, 9.17) is 4.74 Å². The van der Waals surface area contributed by atoms with Crippen LogP contribution in [0.15, 0.2) is 86.6 Å². The second kappa shape index (κ2) is 9.00. The predicted molar refractivity (Wildman–Crippen MR) is 137 cm³/mol. The average Bonchev–Trinajstić information content (AvgIpc) is 3.36. The summed E-state index contributed by atoms with van der Waals surface area (Å²) in [5.41, 5.74) is 2.12. The van der Waals surface area contributed by atoms with Crippen molar-refractivity contribution in [2.75, 3.05) is 23.5 Å². The maximum absolute atomic E-state index is 13.8. The standard InChI is InChI=1S/C25H21N3O4S2/c1-3-27-20-14-19(32-2)11-12-21(20)33-24(27)22-23(31)28(16-7-9-17(29)10-8-16)25(34-22)26-15-5-4-6-18(30)13-15/h4-14,29-30H,3H2,1-2H3. The van der Waals surface area contributed by atoms with E-state index in [1.54, 1.807) is 55.3 Å². The Bertz CT molecular complexity index is 1340. The van der Waals surface area contributed by atoms with E-state index in [1.165, 1.54) is 28.8 Å². The predicted octanol–water partition coefficient (Wildman–Crippen LogP) is 5.68. The number of methoxy groups -OCH3 is 1. The van der Waals surface area contributed by atoms with Crippen molar-refractivity contribution >= 4 is 51.7 Å². The quantitative estimate of drug-likeness (QED) is 0.455. The van der Waals surface area contributed by atoms with Crippen LogP contribution in [0.1, 0.15) is 6.92 Å². The van der Waals surface area contributed by atoms with Gasteiger partial charge in [0, 0.05) is 23.6 Å². The molecule has 0 aliphatic carbocycles. The average molecular weight is 492 g/mol. The van der Waals surface area contributed by atoms with Crippen molar-refractivity contribution in [3.8, 4) is 17.2 Å². The van der Waals surface area contributed by atoms with Crippen LogP contribution in [0.3, 0.4) is 0 Å². The Labute approximate surface area is 205 Å². The Morgan fingerprint density at radius 3 is 2.47 bits per heavy atom. The van der Waals surface area contributed by atoms with Gasteiger partial charge in [0.2, 0.25) is 0 Å². The summed E-state index contributed by atoms with van der Waals surface area (Å²) in [6.07, 6.45) is 0. The van der Waals surface area contributed by atoms with Crippen LogP contribution < -0.4 is 14.5 Å². The number of carbonyl (C=O) groups is 1. The summed E-state index contributed by atoms with van der Waals surface area (Å²) >= 11 is 2.84. The minimum Gasteiger partial charge on any atom is -0.508 e. The SMILES string of the molecule is CCN1C(=C2SC(=Nc3cccc(O)c3)N(c3ccc(O)cc3)C2=O)Sc2ccc(OC)cc21. The number of anilines is 2. The van der Waals surface area contributed by atoms with Gasteiger partial charge < -0.3 is 19.8 Å². The molecule has 0 unspecified atom stereocenters. The minimum atomic E-state index is -0.199. The first-order chi connectivity index (χ1) is 16.5. The summed E-state index contributed by atoms with van der Waals surface area (Å²) in [4.78, 5) is 23.7. The molecular formula is C25H21N3O4S2. The third-order valence-corrected chi connectivity index (χ3v) is 7.70. The molecule has 1 fully saturated rings. The molecule has 3 aromatic rings. The topological polar surface area (TPSA) is 85.6 Å². The molecule has 2 N–H and O–H groups in total. The smallest absolute Gasteiger partial charge is 0.274 e. The van der Waals surface area contributed by atoms with Crippen LogP contribution in [0.5, 0.6) is 17.2 Å². The fraction of sp³-hybridized carbons (Fsp3) is 0.120. The molecule has 1 amide bonds. The van der Waals surface area contributed by atoms with E-state index in [0.717, 1.165) is 21.4 Å². The molecular weight excluding hydrogens is 470 g/mol. The van der Waals surface area contributed by atoms with Gasteiger partial charge in [-0.15, -0.1) is 0 Å². The highest BCUT2D eigenvalue weighted by molar-refractivity contribution is 8.20. The van der Waals surface area contributed by atoms with E-state index in [0.29, 0.717) is 28.0 Å². The van der Waals surface area contributed by atoms with Crippen molar-refractivity contribution in [1.29, 1.82) is 0 Å². The van der Waals surface area contributed by atoms with Gasteiger partial charge in [-0.05, 0) is 67.2 Å². The van der Waals surface area contributed by atoms with Crippen LogP contribution in [0.4, 0.5) is 17.1 Å². The van der Waals surface area contributed by atoms with Gasteiger partial charge in [0.05, 0.1) is 24.2 Å². The van der Waals surface area contributed by atoms with E-state index in [2.05, 4.69) is 9.89 Å². The van der Waals surface area contributed by atoms with E-state index in [9.17, 15) is 15.0 Å². The highest BCUT2D eigenvalue weighted by atomic mass is 32.2. The molecule has 5 rings (SSSR count). The number of benzene rings is 3. The summed E-state index contributed by atoms with van der Waals surface area (Å²) in [5, 5.41) is 20.9. The number of hydrogen-bond acceptors (Lipinski definition) is 8. The number of ether oxygens (including phenoxy) is 1. The number of phenols is 2. The number of amidine groups is 1. The molecule has 34 heavy (non-hydrogen) atoms. The first-order valence-corrected chi connectivity index (χ1v) is 12.2. The zero-order valence-electron chi connectivity index (χ0n) is 18.4. The number of carbonyl (C=O) groups excluding carboxylic acids is 1. The Morgan fingerprint density at radius 2 is 1.76 bits per heavy atom. The molecule has 2 heterocycles. The number of amides is 1. The molecule has 172 valence electrons. The zero-order chi connectivity index (χ0) is 23.8. The van der Waals surface area contributed by atoms with Gasteiger partial charge in [-0.1, -0.05) is 17.8 Å². The first-order valence-electron chi connectivity index (χ1n) is 10.5. The number of aromatic hydroxyl groups is 2. The van der Waals surface area contributed by atoms with E-state index in [1.807, 2.05) is 25.1 Å². The molecule has 0 radical (unpaired) electrons. The number of fused-ring (bicyclic) bond motifs is 1. The zero-order valence-corrected chi connectivity index (χ0v) is 20.1. The monoisotopic (exact) mass is 491 g/mol. The Hall–Kier alpha value is -3.56. The minimum absolute atomic E-state index is 0.0961. The van der Waals surface area contributed by atoms with Crippen LogP contribution in [-0.2, 0) is 4.79 Å². The van der Waals surface area contributed by atoms with Crippen molar-refractivity contribution < 1.29 is 19.7 Å². The number of nitrogens with zero attached hydrogens (tertiary/aromatic N) is 3. The molecule has 0 saturated carbocycles. The highest BCUT2D eigenvalue weighted by Gasteiger charge is 2.40.